The Kier molecular flexibility index (Phi) is 5.39. The first-order chi connectivity index (χ1) is 15.7. The number of benzene rings is 2. The zero-order chi connectivity index (χ0) is 23.9. The van der Waals surface area contributed by atoms with E-state index in [0.717, 1.165) is 17.0 Å². The number of amides is 4. The number of anilines is 1. The van der Waals surface area contributed by atoms with Gasteiger partial charge in [-0.2, -0.15) is 0 Å². The Balaban J connectivity index is 1.79. The van der Waals surface area contributed by atoms with Gasteiger partial charge in [-0.05, 0) is 68.0 Å². The Bertz CT molecular complexity index is 1350. The molecule has 0 radical (unpaired) electrons. The molecule has 4 amide bonds. The molecular weight excluding hydrogens is 429 g/mol. The maximum Gasteiger partial charge on any atom is 0.337 e. The monoisotopic (exact) mass is 447 g/mol. The number of urea groups is 1. The zero-order valence-electron chi connectivity index (χ0n) is 17.6. The third-order valence-corrected chi connectivity index (χ3v) is 5.33. The number of aromatic nitrogens is 1. The number of para-hydroxylation sites is 1. The fourth-order valence-corrected chi connectivity index (χ4v) is 3.79. The van der Waals surface area contributed by atoms with Crippen molar-refractivity contribution in [2.75, 3.05) is 4.90 Å². The van der Waals surface area contributed by atoms with Gasteiger partial charge in [0, 0.05) is 11.4 Å². The number of carboxylic acid groups (broad SMARTS) is 1. The largest absolute Gasteiger partial charge is 0.478 e. The van der Waals surface area contributed by atoms with Crippen LogP contribution in [0.15, 0.2) is 60.2 Å². The zero-order valence-corrected chi connectivity index (χ0v) is 17.6. The summed E-state index contributed by atoms with van der Waals surface area (Å²) in [5, 5.41) is 11.7. The van der Waals surface area contributed by atoms with Crippen LogP contribution in [0.25, 0.3) is 11.8 Å². The van der Waals surface area contributed by atoms with Gasteiger partial charge in [-0.3, -0.25) is 14.9 Å². The molecule has 4 rings (SSSR count). The number of hydrogen-bond donors (Lipinski definition) is 2. The molecule has 0 spiro atoms. The van der Waals surface area contributed by atoms with Crippen LogP contribution in [0.2, 0.25) is 0 Å². The minimum Gasteiger partial charge on any atom is -0.478 e. The average molecular weight is 447 g/mol. The molecule has 8 nitrogen and oxygen atoms in total. The van der Waals surface area contributed by atoms with Crippen molar-refractivity contribution in [3.05, 3.63) is 88.5 Å². The molecular formula is C24H18FN3O5. The van der Waals surface area contributed by atoms with Gasteiger partial charge < -0.3 is 9.67 Å². The van der Waals surface area contributed by atoms with E-state index in [9.17, 15) is 28.7 Å². The van der Waals surface area contributed by atoms with Crippen molar-refractivity contribution in [2.45, 2.75) is 13.8 Å². The van der Waals surface area contributed by atoms with Crippen molar-refractivity contribution in [2.24, 2.45) is 0 Å². The number of carbonyl (C=O) groups is 4. The molecule has 2 aromatic carbocycles. The van der Waals surface area contributed by atoms with E-state index in [4.69, 9.17) is 0 Å². The average Bonchev–Trinajstić information content (AvgIpc) is 3.05. The maximum absolute atomic E-state index is 13.3. The van der Waals surface area contributed by atoms with Crippen molar-refractivity contribution < 1.29 is 28.7 Å². The van der Waals surface area contributed by atoms with Crippen molar-refractivity contribution in [3.63, 3.8) is 0 Å². The fraction of sp³-hybridized carbons (Fsp3) is 0.0833. The predicted octanol–water partition coefficient (Wildman–Crippen LogP) is 3.60. The van der Waals surface area contributed by atoms with Crippen LogP contribution in [0, 0.1) is 19.7 Å². The van der Waals surface area contributed by atoms with Crippen LogP contribution in [0.1, 0.15) is 27.3 Å². The van der Waals surface area contributed by atoms with Gasteiger partial charge in [0.2, 0.25) is 0 Å². The predicted molar refractivity (Wildman–Crippen MR) is 118 cm³/mol. The molecule has 1 aliphatic heterocycles. The molecule has 2 N–H and O–H groups in total. The van der Waals surface area contributed by atoms with E-state index in [1.54, 1.807) is 42.7 Å². The van der Waals surface area contributed by atoms with Gasteiger partial charge in [-0.1, -0.05) is 12.1 Å². The number of aryl methyl sites for hydroxylation is 1. The number of carbonyl (C=O) groups excluding carboxylic acids is 3. The Morgan fingerprint density at radius 1 is 1.03 bits per heavy atom. The summed E-state index contributed by atoms with van der Waals surface area (Å²) < 4.78 is 15.0. The lowest BCUT2D eigenvalue weighted by atomic mass is 10.1. The second-order valence-electron chi connectivity index (χ2n) is 7.42. The second-order valence-corrected chi connectivity index (χ2v) is 7.42. The number of imide groups is 2. The van der Waals surface area contributed by atoms with Crippen molar-refractivity contribution in [1.29, 1.82) is 0 Å². The second kappa shape index (κ2) is 8.19. The van der Waals surface area contributed by atoms with Gasteiger partial charge in [-0.15, -0.1) is 0 Å². The van der Waals surface area contributed by atoms with Gasteiger partial charge in [0.25, 0.3) is 11.8 Å². The molecule has 0 saturated carbocycles. The number of nitrogens with one attached hydrogen (secondary N) is 1. The topological polar surface area (TPSA) is 109 Å². The molecule has 2 heterocycles. The summed E-state index contributed by atoms with van der Waals surface area (Å²) in [7, 11) is 0. The number of rotatable bonds is 4. The molecule has 3 aromatic rings. The van der Waals surface area contributed by atoms with Crippen molar-refractivity contribution in [1.82, 2.24) is 9.88 Å². The van der Waals surface area contributed by atoms with Gasteiger partial charge in [0.05, 0.1) is 16.9 Å². The van der Waals surface area contributed by atoms with Gasteiger partial charge >= 0.3 is 12.0 Å². The van der Waals surface area contributed by atoms with Crippen LogP contribution in [0.3, 0.4) is 0 Å². The summed E-state index contributed by atoms with van der Waals surface area (Å²) in [6, 6.07) is 12.0. The highest BCUT2D eigenvalue weighted by Crippen LogP contribution is 2.27. The van der Waals surface area contributed by atoms with Crippen molar-refractivity contribution >= 4 is 35.6 Å². The number of carboxylic acids is 1. The molecule has 1 fully saturated rings. The molecule has 0 bridgehead atoms. The van der Waals surface area contributed by atoms with Gasteiger partial charge in [0.1, 0.15) is 11.4 Å². The Hall–Kier alpha value is -4.53. The normalized spacial score (nSPS) is 15.2. The molecule has 0 unspecified atom stereocenters. The molecule has 0 aliphatic carbocycles. The number of aromatic carboxylic acids is 1. The first kappa shape index (κ1) is 21.7. The van der Waals surface area contributed by atoms with Crippen LogP contribution in [0.4, 0.5) is 14.9 Å². The van der Waals surface area contributed by atoms with Crippen LogP contribution < -0.4 is 10.2 Å². The minimum absolute atomic E-state index is 0.0954. The summed E-state index contributed by atoms with van der Waals surface area (Å²) in [6.07, 6.45) is 1.35. The first-order valence-electron chi connectivity index (χ1n) is 9.87. The molecule has 1 aromatic heterocycles. The van der Waals surface area contributed by atoms with Crippen LogP contribution in [-0.4, -0.2) is 33.5 Å². The highest BCUT2D eigenvalue weighted by atomic mass is 19.1. The lowest BCUT2D eigenvalue weighted by Gasteiger charge is -2.26. The molecule has 33 heavy (non-hydrogen) atoms. The lowest BCUT2D eigenvalue weighted by molar-refractivity contribution is -0.122. The Labute approximate surface area is 187 Å². The lowest BCUT2D eigenvalue weighted by Crippen LogP contribution is -2.54. The summed E-state index contributed by atoms with van der Waals surface area (Å²) >= 11 is 0. The van der Waals surface area contributed by atoms with E-state index in [1.165, 1.54) is 24.3 Å². The molecule has 1 saturated heterocycles. The minimum atomic E-state index is -1.09. The standard InChI is InChI=1S/C24H18FN3O5/c1-13-11-15(14(2)27(13)20-6-4-3-5-18(20)23(31)32)12-19-21(29)26-24(33)28(22(19)30)17-9-7-16(25)8-10-17/h3-12H,1-2H3,(H,31,32)(H,26,29,33). The highest BCUT2D eigenvalue weighted by molar-refractivity contribution is 6.39. The van der Waals surface area contributed by atoms with Crippen LogP contribution in [0.5, 0.6) is 0 Å². The highest BCUT2D eigenvalue weighted by Gasteiger charge is 2.37. The number of halogens is 1. The third kappa shape index (κ3) is 3.80. The van der Waals surface area contributed by atoms with Gasteiger partial charge in [-0.25, -0.2) is 18.9 Å². The smallest absolute Gasteiger partial charge is 0.337 e. The van der Waals surface area contributed by atoms with E-state index in [-0.39, 0.29) is 16.8 Å². The summed E-state index contributed by atoms with van der Waals surface area (Å²) in [5.74, 6) is -3.34. The van der Waals surface area contributed by atoms with E-state index >= 15 is 0 Å². The maximum atomic E-state index is 13.3. The van der Waals surface area contributed by atoms with E-state index in [0.29, 0.717) is 22.6 Å². The number of hydrogen-bond acceptors (Lipinski definition) is 4. The number of nitrogens with zero attached hydrogens (tertiary/aromatic N) is 2. The SMILES string of the molecule is Cc1cc(C=C2C(=O)NC(=O)N(c3ccc(F)cc3)C2=O)c(C)n1-c1ccccc1C(=O)O. The van der Waals surface area contributed by atoms with E-state index < -0.39 is 29.6 Å². The summed E-state index contributed by atoms with van der Waals surface area (Å²) in [6.45, 7) is 3.50. The Morgan fingerprint density at radius 3 is 2.36 bits per heavy atom. The van der Waals surface area contributed by atoms with Crippen LogP contribution in [-0.2, 0) is 9.59 Å². The first-order valence-corrected chi connectivity index (χ1v) is 9.87. The molecule has 1 aliphatic rings. The molecule has 9 heteroatoms. The van der Waals surface area contributed by atoms with Crippen LogP contribution >= 0.6 is 0 Å². The molecule has 166 valence electrons. The fourth-order valence-electron chi connectivity index (χ4n) is 3.79. The van der Waals surface area contributed by atoms with Gasteiger partial charge in [0.15, 0.2) is 0 Å². The van der Waals surface area contributed by atoms with E-state index in [2.05, 4.69) is 5.32 Å². The summed E-state index contributed by atoms with van der Waals surface area (Å²) in [4.78, 5) is 50.2. The number of barbiturate groups is 1. The Morgan fingerprint density at radius 2 is 1.70 bits per heavy atom. The quantitative estimate of drug-likeness (QED) is 0.469. The molecule has 0 atom stereocenters. The van der Waals surface area contributed by atoms with E-state index in [1.807, 2.05) is 0 Å². The summed E-state index contributed by atoms with van der Waals surface area (Å²) in [5.41, 5.74) is 2.14. The van der Waals surface area contributed by atoms with Crippen molar-refractivity contribution in [3.8, 4) is 5.69 Å². The third-order valence-electron chi connectivity index (χ3n) is 5.33.